The van der Waals surface area contributed by atoms with E-state index in [1.54, 1.807) is 6.07 Å². The molecule has 0 radical (unpaired) electrons. The SMILES string of the molecule is N#CCC#Cc1ccc(O)cc1[N+](=O)[O-]. The summed E-state index contributed by atoms with van der Waals surface area (Å²) in [6.07, 6.45) is 0.0119. The smallest absolute Gasteiger partial charge is 0.288 e. The topological polar surface area (TPSA) is 87.2 Å². The van der Waals surface area contributed by atoms with Crippen LogP contribution >= 0.6 is 0 Å². The number of aromatic hydroxyl groups is 1. The van der Waals surface area contributed by atoms with E-state index in [2.05, 4.69) is 11.8 Å². The van der Waals surface area contributed by atoms with E-state index in [9.17, 15) is 10.1 Å². The lowest BCUT2D eigenvalue weighted by atomic mass is 10.1. The molecule has 0 aliphatic carbocycles. The quantitative estimate of drug-likeness (QED) is 0.425. The van der Waals surface area contributed by atoms with Crippen LogP contribution in [0, 0.1) is 33.3 Å². The summed E-state index contributed by atoms with van der Waals surface area (Å²) in [4.78, 5) is 9.94. The van der Waals surface area contributed by atoms with E-state index in [-0.39, 0.29) is 23.4 Å². The predicted molar refractivity (Wildman–Crippen MR) is 51.9 cm³/mol. The van der Waals surface area contributed by atoms with Crippen molar-refractivity contribution in [3.05, 3.63) is 33.9 Å². The molecule has 1 N–H and O–H groups in total. The molecule has 5 heteroatoms. The van der Waals surface area contributed by atoms with Gasteiger partial charge in [0.2, 0.25) is 0 Å². The Morgan fingerprint density at radius 2 is 2.27 bits per heavy atom. The summed E-state index contributed by atoms with van der Waals surface area (Å²) >= 11 is 0. The van der Waals surface area contributed by atoms with Crippen molar-refractivity contribution in [3.8, 4) is 23.7 Å². The van der Waals surface area contributed by atoms with Gasteiger partial charge in [-0.2, -0.15) is 5.26 Å². The summed E-state index contributed by atoms with van der Waals surface area (Å²) in [6, 6.07) is 5.48. The van der Waals surface area contributed by atoms with Crippen LogP contribution in [0.2, 0.25) is 0 Å². The van der Waals surface area contributed by atoms with Gasteiger partial charge in [0.15, 0.2) is 0 Å². The first kappa shape index (κ1) is 10.6. The Balaban J connectivity index is 3.15. The van der Waals surface area contributed by atoms with E-state index in [1.165, 1.54) is 12.1 Å². The number of benzene rings is 1. The number of nitro benzene ring substituents is 1. The van der Waals surface area contributed by atoms with Crippen molar-refractivity contribution in [3.63, 3.8) is 0 Å². The fourth-order valence-corrected chi connectivity index (χ4v) is 0.956. The van der Waals surface area contributed by atoms with Crippen molar-refractivity contribution in [2.45, 2.75) is 6.42 Å². The first-order valence-corrected chi connectivity index (χ1v) is 3.98. The van der Waals surface area contributed by atoms with E-state index < -0.39 is 4.92 Å². The van der Waals surface area contributed by atoms with E-state index in [1.807, 2.05) is 0 Å². The number of rotatable bonds is 1. The molecule has 0 saturated carbocycles. The minimum atomic E-state index is -0.629. The Morgan fingerprint density at radius 1 is 1.53 bits per heavy atom. The number of phenols is 1. The van der Waals surface area contributed by atoms with Crippen LogP contribution in [0.4, 0.5) is 5.69 Å². The van der Waals surface area contributed by atoms with Crippen molar-refractivity contribution in [1.82, 2.24) is 0 Å². The highest BCUT2D eigenvalue weighted by atomic mass is 16.6. The van der Waals surface area contributed by atoms with Crippen LogP contribution in [0.5, 0.6) is 5.75 Å². The van der Waals surface area contributed by atoms with Gasteiger partial charge in [-0.25, -0.2) is 0 Å². The normalized spacial score (nSPS) is 8.47. The van der Waals surface area contributed by atoms with Crippen molar-refractivity contribution >= 4 is 5.69 Å². The van der Waals surface area contributed by atoms with Gasteiger partial charge in [0.05, 0.1) is 23.5 Å². The average Bonchev–Trinajstić information content (AvgIpc) is 2.20. The molecule has 0 spiro atoms. The first-order valence-electron chi connectivity index (χ1n) is 3.98. The second kappa shape index (κ2) is 4.64. The molecule has 74 valence electrons. The summed E-state index contributed by atoms with van der Waals surface area (Å²) in [7, 11) is 0. The lowest BCUT2D eigenvalue weighted by molar-refractivity contribution is -0.385. The average molecular weight is 202 g/mol. The van der Waals surface area contributed by atoms with Gasteiger partial charge in [0.25, 0.3) is 5.69 Å². The molecule has 1 rings (SSSR count). The highest BCUT2D eigenvalue weighted by Gasteiger charge is 2.12. The Bertz CT molecular complexity index is 492. The molecular formula is C10H6N2O3. The molecule has 0 aromatic heterocycles. The third-order valence-corrected chi connectivity index (χ3v) is 1.57. The minimum Gasteiger partial charge on any atom is -0.508 e. The number of hydrogen-bond donors (Lipinski definition) is 1. The predicted octanol–water partition coefficient (Wildman–Crippen LogP) is 1.57. The van der Waals surface area contributed by atoms with Gasteiger partial charge in [0, 0.05) is 0 Å². The molecule has 15 heavy (non-hydrogen) atoms. The molecule has 0 heterocycles. The number of hydrogen-bond acceptors (Lipinski definition) is 4. The summed E-state index contributed by atoms with van der Waals surface area (Å²) in [5.74, 6) is 4.78. The van der Waals surface area contributed by atoms with Crippen molar-refractivity contribution in [2.75, 3.05) is 0 Å². The zero-order chi connectivity index (χ0) is 11.3. The third-order valence-electron chi connectivity index (χ3n) is 1.57. The van der Waals surface area contributed by atoms with Crippen molar-refractivity contribution < 1.29 is 10.0 Å². The van der Waals surface area contributed by atoms with Crippen molar-refractivity contribution in [1.29, 1.82) is 5.26 Å². The molecule has 0 bridgehead atoms. The van der Waals surface area contributed by atoms with Crippen LogP contribution in [-0.4, -0.2) is 10.0 Å². The van der Waals surface area contributed by atoms with Gasteiger partial charge in [-0.05, 0) is 12.1 Å². The van der Waals surface area contributed by atoms with E-state index in [0.29, 0.717) is 0 Å². The van der Waals surface area contributed by atoms with Gasteiger partial charge in [-0.15, -0.1) is 0 Å². The van der Waals surface area contributed by atoms with Gasteiger partial charge in [-0.1, -0.05) is 11.8 Å². The van der Waals surface area contributed by atoms with Gasteiger partial charge in [0.1, 0.15) is 11.3 Å². The minimum absolute atomic E-state index is 0.0119. The largest absolute Gasteiger partial charge is 0.508 e. The van der Waals surface area contributed by atoms with Crippen LogP contribution in [-0.2, 0) is 0 Å². The second-order valence-corrected chi connectivity index (χ2v) is 2.60. The molecule has 0 amide bonds. The zero-order valence-corrected chi connectivity index (χ0v) is 7.60. The Morgan fingerprint density at radius 3 is 2.87 bits per heavy atom. The number of nitro groups is 1. The number of phenolic OH excluding ortho intramolecular Hbond substituents is 1. The van der Waals surface area contributed by atoms with E-state index in [4.69, 9.17) is 10.4 Å². The van der Waals surface area contributed by atoms with Gasteiger partial charge >= 0.3 is 0 Å². The molecule has 0 aliphatic rings. The second-order valence-electron chi connectivity index (χ2n) is 2.60. The fourth-order valence-electron chi connectivity index (χ4n) is 0.956. The number of nitrogens with zero attached hydrogens (tertiary/aromatic N) is 2. The Labute approximate surface area is 85.7 Å². The molecule has 0 atom stereocenters. The summed E-state index contributed by atoms with van der Waals surface area (Å²) in [6.45, 7) is 0. The fraction of sp³-hybridized carbons (Fsp3) is 0.100. The molecule has 1 aromatic carbocycles. The lowest BCUT2D eigenvalue weighted by Crippen LogP contribution is -1.91. The monoisotopic (exact) mass is 202 g/mol. The Hall–Kier alpha value is -2.53. The summed E-state index contributed by atoms with van der Waals surface area (Å²) in [5.41, 5.74) is -0.0755. The van der Waals surface area contributed by atoms with Crippen molar-refractivity contribution in [2.24, 2.45) is 0 Å². The summed E-state index contributed by atoms with van der Waals surface area (Å²) in [5, 5.41) is 27.9. The molecule has 0 fully saturated rings. The standard InChI is InChI=1S/C10H6N2O3/c11-6-2-1-3-8-4-5-9(13)7-10(8)12(14)15/h4-5,7,13H,2H2. The van der Waals surface area contributed by atoms with Crippen LogP contribution in [0.1, 0.15) is 12.0 Å². The van der Waals surface area contributed by atoms with Crippen LogP contribution in [0.3, 0.4) is 0 Å². The van der Waals surface area contributed by atoms with Gasteiger partial charge < -0.3 is 5.11 Å². The molecule has 5 nitrogen and oxygen atoms in total. The first-order chi connectivity index (χ1) is 7.15. The molecule has 1 aromatic rings. The van der Waals surface area contributed by atoms with Crippen LogP contribution in [0.25, 0.3) is 0 Å². The van der Waals surface area contributed by atoms with Crippen LogP contribution in [0.15, 0.2) is 18.2 Å². The molecular weight excluding hydrogens is 196 g/mol. The van der Waals surface area contributed by atoms with Gasteiger partial charge in [-0.3, -0.25) is 10.1 Å². The van der Waals surface area contributed by atoms with E-state index >= 15 is 0 Å². The maximum atomic E-state index is 10.6. The highest BCUT2D eigenvalue weighted by Crippen LogP contribution is 2.22. The van der Waals surface area contributed by atoms with Crippen LogP contribution < -0.4 is 0 Å². The highest BCUT2D eigenvalue weighted by molar-refractivity contribution is 5.54. The lowest BCUT2D eigenvalue weighted by Gasteiger charge is -1.95. The Kier molecular flexibility index (Phi) is 3.26. The maximum absolute atomic E-state index is 10.6. The number of nitriles is 1. The van der Waals surface area contributed by atoms with E-state index in [0.717, 1.165) is 6.07 Å². The molecule has 0 saturated heterocycles. The third kappa shape index (κ3) is 2.71. The zero-order valence-electron chi connectivity index (χ0n) is 7.60. The maximum Gasteiger partial charge on any atom is 0.288 e. The molecule has 0 aliphatic heterocycles. The summed E-state index contributed by atoms with van der Waals surface area (Å²) < 4.78 is 0. The molecule has 0 unspecified atom stereocenters.